The van der Waals surface area contributed by atoms with Crippen LogP contribution in [-0.4, -0.2) is 8.42 Å². The van der Waals surface area contributed by atoms with E-state index in [1.807, 2.05) is 31.2 Å². The Kier molecular flexibility index (Phi) is 4.20. The van der Waals surface area contributed by atoms with Gasteiger partial charge in [0.1, 0.15) is 5.82 Å². The summed E-state index contributed by atoms with van der Waals surface area (Å²) in [5, 5.41) is 0. The molecule has 0 heterocycles. The van der Waals surface area contributed by atoms with Gasteiger partial charge in [0.15, 0.2) is 0 Å². The molecule has 0 aliphatic carbocycles. The summed E-state index contributed by atoms with van der Waals surface area (Å²) in [6.45, 7) is 3.72. The molecule has 2 aromatic rings. The lowest BCUT2D eigenvalue weighted by atomic mass is 10.1. The Balaban J connectivity index is 2.22. The van der Waals surface area contributed by atoms with Crippen LogP contribution in [-0.2, 0) is 10.0 Å². The van der Waals surface area contributed by atoms with Gasteiger partial charge in [-0.3, -0.25) is 0 Å². The van der Waals surface area contributed by atoms with Crippen molar-refractivity contribution in [3.05, 3.63) is 65.5 Å². The Labute approximate surface area is 118 Å². The number of aryl methyl sites for hydroxylation is 1. The summed E-state index contributed by atoms with van der Waals surface area (Å²) in [4.78, 5) is -0.0727. The zero-order chi connectivity index (χ0) is 14.8. The van der Waals surface area contributed by atoms with E-state index in [0.717, 1.165) is 17.2 Å². The molecule has 1 atom stereocenters. The van der Waals surface area contributed by atoms with E-state index >= 15 is 0 Å². The van der Waals surface area contributed by atoms with Gasteiger partial charge in [0, 0.05) is 6.04 Å². The molecule has 0 aliphatic rings. The molecule has 0 radical (unpaired) electrons. The highest BCUT2D eigenvalue weighted by Crippen LogP contribution is 2.18. The van der Waals surface area contributed by atoms with E-state index in [-0.39, 0.29) is 10.9 Å². The van der Waals surface area contributed by atoms with Gasteiger partial charge in [-0.05, 0) is 37.6 Å². The van der Waals surface area contributed by atoms with Crippen molar-refractivity contribution in [1.29, 1.82) is 0 Å². The van der Waals surface area contributed by atoms with Crippen LogP contribution in [0.1, 0.15) is 24.1 Å². The Bertz CT molecular complexity index is 696. The van der Waals surface area contributed by atoms with Crippen molar-refractivity contribution in [2.75, 3.05) is 0 Å². The van der Waals surface area contributed by atoms with E-state index < -0.39 is 15.8 Å². The Hall–Kier alpha value is -1.72. The third-order valence-corrected chi connectivity index (χ3v) is 4.55. The molecular formula is C15H16FNO2S. The maximum absolute atomic E-state index is 13.1. The van der Waals surface area contributed by atoms with Crippen LogP contribution in [0.25, 0.3) is 0 Å². The quantitative estimate of drug-likeness (QED) is 0.941. The topological polar surface area (TPSA) is 46.2 Å². The van der Waals surface area contributed by atoms with Gasteiger partial charge in [-0.2, -0.15) is 0 Å². The number of hydrogen-bond donors (Lipinski definition) is 1. The lowest BCUT2D eigenvalue weighted by molar-refractivity contribution is 0.564. The van der Waals surface area contributed by atoms with Gasteiger partial charge in [-0.1, -0.05) is 35.9 Å². The van der Waals surface area contributed by atoms with Crippen LogP contribution >= 0.6 is 0 Å². The Morgan fingerprint density at radius 3 is 2.35 bits per heavy atom. The van der Waals surface area contributed by atoms with Crippen molar-refractivity contribution >= 4 is 10.0 Å². The lowest BCUT2D eigenvalue weighted by Gasteiger charge is -2.15. The molecule has 2 aromatic carbocycles. The number of benzene rings is 2. The molecule has 1 unspecified atom stereocenters. The summed E-state index contributed by atoms with van der Waals surface area (Å²) >= 11 is 0. The Morgan fingerprint density at radius 2 is 1.75 bits per heavy atom. The van der Waals surface area contributed by atoms with E-state index in [9.17, 15) is 12.8 Å². The molecule has 20 heavy (non-hydrogen) atoms. The van der Waals surface area contributed by atoms with Crippen LogP contribution in [0.2, 0.25) is 0 Å². The molecule has 0 fully saturated rings. The molecule has 0 aliphatic heterocycles. The highest BCUT2D eigenvalue weighted by molar-refractivity contribution is 7.89. The molecule has 0 spiro atoms. The number of sulfonamides is 1. The molecule has 0 saturated heterocycles. The predicted octanol–water partition coefficient (Wildman–Crippen LogP) is 3.17. The van der Waals surface area contributed by atoms with E-state index in [4.69, 9.17) is 0 Å². The summed E-state index contributed by atoms with van der Waals surface area (Å²) < 4.78 is 40.0. The molecule has 5 heteroatoms. The van der Waals surface area contributed by atoms with Crippen LogP contribution < -0.4 is 4.72 Å². The summed E-state index contributed by atoms with van der Waals surface area (Å²) in [7, 11) is -3.73. The van der Waals surface area contributed by atoms with Crippen LogP contribution in [0.15, 0.2) is 53.4 Å². The van der Waals surface area contributed by atoms with Gasteiger partial charge < -0.3 is 0 Å². The third kappa shape index (κ3) is 3.43. The fourth-order valence-corrected chi connectivity index (χ4v) is 3.12. The van der Waals surface area contributed by atoms with Crippen LogP contribution in [0.3, 0.4) is 0 Å². The molecule has 3 nitrogen and oxygen atoms in total. The summed E-state index contributed by atoms with van der Waals surface area (Å²) in [5.74, 6) is -0.573. The molecule has 0 bridgehead atoms. The predicted molar refractivity (Wildman–Crippen MR) is 76.3 cm³/mol. The van der Waals surface area contributed by atoms with Crippen LogP contribution in [0.5, 0.6) is 0 Å². The van der Waals surface area contributed by atoms with E-state index in [0.29, 0.717) is 0 Å². The first-order valence-electron chi connectivity index (χ1n) is 6.23. The van der Waals surface area contributed by atoms with Gasteiger partial charge >= 0.3 is 0 Å². The lowest BCUT2D eigenvalue weighted by Crippen LogP contribution is -2.26. The SMILES string of the molecule is Cc1ccc(C(C)NS(=O)(=O)c2cccc(F)c2)cc1. The van der Waals surface area contributed by atoms with Gasteiger partial charge in [0.2, 0.25) is 10.0 Å². The normalized spacial score (nSPS) is 13.2. The number of halogens is 1. The van der Waals surface area contributed by atoms with Crippen molar-refractivity contribution in [2.24, 2.45) is 0 Å². The number of rotatable bonds is 4. The zero-order valence-electron chi connectivity index (χ0n) is 11.3. The maximum Gasteiger partial charge on any atom is 0.241 e. The van der Waals surface area contributed by atoms with Gasteiger partial charge in [-0.25, -0.2) is 17.5 Å². The average molecular weight is 293 g/mol. The van der Waals surface area contributed by atoms with E-state index in [1.165, 1.54) is 18.2 Å². The van der Waals surface area contributed by atoms with Gasteiger partial charge in [-0.15, -0.1) is 0 Å². The highest BCUT2D eigenvalue weighted by atomic mass is 32.2. The summed E-state index contributed by atoms with van der Waals surface area (Å²) in [6.07, 6.45) is 0. The van der Waals surface area contributed by atoms with Crippen LogP contribution in [0.4, 0.5) is 4.39 Å². The minimum Gasteiger partial charge on any atom is -0.207 e. The second-order valence-electron chi connectivity index (χ2n) is 4.71. The smallest absolute Gasteiger partial charge is 0.207 e. The Morgan fingerprint density at radius 1 is 1.10 bits per heavy atom. The first-order chi connectivity index (χ1) is 9.38. The number of nitrogens with one attached hydrogen (secondary N) is 1. The number of hydrogen-bond acceptors (Lipinski definition) is 2. The molecule has 0 aromatic heterocycles. The van der Waals surface area contributed by atoms with Crippen molar-refractivity contribution in [3.8, 4) is 0 Å². The monoisotopic (exact) mass is 293 g/mol. The summed E-state index contributed by atoms with van der Waals surface area (Å²) in [6, 6.07) is 12.1. The first-order valence-corrected chi connectivity index (χ1v) is 7.71. The van der Waals surface area contributed by atoms with Crippen molar-refractivity contribution < 1.29 is 12.8 Å². The van der Waals surface area contributed by atoms with Crippen molar-refractivity contribution in [2.45, 2.75) is 24.8 Å². The van der Waals surface area contributed by atoms with Crippen molar-refractivity contribution in [1.82, 2.24) is 4.72 Å². The fourth-order valence-electron chi connectivity index (χ4n) is 1.86. The van der Waals surface area contributed by atoms with Gasteiger partial charge in [0.25, 0.3) is 0 Å². The second kappa shape index (κ2) is 5.73. The molecule has 0 amide bonds. The minimum atomic E-state index is -3.73. The average Bonchev–Trinajstić information content (AvgIpc) is 2.39. The first kappa shape index (κ1) is 14.7. The van der Waals surface area contributed by atoms with Crippen LogP contribution in [0, 0.1) is 12.7 Å². The largest absolute Gasteiger partial charge is 0.241 e. The fraction of sp³-hybridized carbons (Fsp3) is 0.200. The standard InChI is InChI=1S/C15H16FNO2S/c1-11-6-8-13(9-7-11)12(2)17-20(18,19)15-5-3-4-14(16)10-15/h3-10,12,17H,1-2H3. The minimum absolute atomic E-state index is 0.0727. The molecular weight excluding hydrogens is 277 g/mol. The molecule has 1 N–H and O–H groups in total. The molecule has 2 rings (SSSR count). The molecule has 0 saturated carbocycles. The third-order valence-electron chi connectivity index (χ3n) is 3.02. The highest BCUT2D eigenvalue weighted by Gasteiger charge is 2.18. The maximum atomic E-state index is 13.1. The second-order valence-corrected chi connectivity index (χ2v) is 6.43. The van der Waals surface area contributed by atoms with E-state index in [1.54, 1.807) is 6.92 Å². The zero-order valence-corrected chi connectivity index (χ0v) is 12.1. The van der Waals surface area contributed by atoms with Crippen molar-refractivity contribution in [3.63, 3.8) is 0 Å². The summed E-state index contributed by atoms with van der Waals surface area (Å²) in [5.41, 5.74) is 1.96. The van der Waals surface area contributed by atoms with Gasteiger partial charge in [0.05, 0.1) is 4.90 Å². The molecule has 106 valence electrons. The van der Waals surface area contributed by atoms with E-state index in [2.05, 4.69) is 4.72 Å².